The fraction of sp³-hybridized carbons (Fsp3) is 0.476. The Morgan fingerprint density at radius 3 is 2.59 bits per heavy atom. The Morgan fingerprint density at radius 2 is 1.93 bits per heavy atom. The highest BCUT2D eigenvalue weighted by molar-refractivity contribution is 7.98. The molecule has 1 aromatic carbocycles. The van der Waals surface area contributed by atoms with E-state index in [1.807, 2.05) is 43.3 Å². The molecule has 0 bridgehead atoms. The van der Waals surface area contributed by atoms with Crippen LogP contribution in [-0.2, 0) is 26.3 Å². The number of amides is 1. The molecule has 1 saturated heterocycles. The largest absolute Gasteiger partial charge is 0.468 e. The molecule has 8 heteroatoms. The lowest BCUT2D eigenvalue weighted by atomic mass is 9.97. The lowest BCUT2D eigenvalue weighted by molar-refractivity contribution is -0.125. The molecule has 1 aliphatic rings. The van der Waals surface area contributed by atoms with Crippen molar-refractivity contribution >= 4 is 27.7 Å². The summed E-state index contributed by atoms with van der Waals surface area (Å²) in [4.78, 5) is 12.4. The topological polar surface area (TPSA) is 79.6 Å². The fourth-order valence-electron chi connectivity index (χ4n) is 3.34. The molecule has 0 spiro atoms. The summed E-state index contributed by atoms with van der Waals surface area (Å²) in [6.07, 6.45) is 2.79. The molecule has 0 aliphatic carbocycles. The minimum atomic E-state index is -3.35. The Balaban J connectivity index is 1.37. The molecule has 0 saturated carbocycles. The number of nitrogens with one attached hydrogen (secondary N) is 1. The first-order valence-electron chi connectivity index (χ1n) is 9.85. The number of benzene rings is 1. The predicted octanol–water partition coefficient (Wildman–Crippen LogP) is 3.18. The van der Waals surface area contributed by atoms with Crippen molar-refractivity contribution in [1.29, 1.82) is 0 Å². The SMILES string of the molecule is Cc1ccc(CS(=O)(=O)N2CCC(C(=O)NCCSCc3ccco3)CC2)cc1. The average molecular weight is 437 g/mol. The first kappa shape index (κ1) is 21.9. The minimum Gasteiger partial charge on any atom is -0.468 e. The van der Waals surface area contributed by atoms with Crippen molar-refractivity contribution in [2.75, 3.05) is 25.4 Å². The molecule has 3 rings (SSSR count). The second-order valence-electron chi connectivity index (χ2n) is 7.34. The number of furan rings is 1. The molecule has 1 aromatic heterocycles. The standard InChI is InChI=1S/C21H28N2O4S2/c1-17-4-6-18(7-5-17)16-29(25,26)23-11-8-19(9-12-23)21(24)22-10-14-28-15-20-3-2-13-27-20/h2-7,13,19H,8-12,14-16H2,1H3,(H,22,24). The number of piperidine rings is 1. The Bertz CT molecular complexity index is 872. The quantitative estimate of drug-likeness (QED) is 0.611. The molecule has 1 aliphatic heterocycles. The Morgan fingerprint density at radius 1 is 1.21 bits per heavy atom. The maximum absolute atomic E-state index is 12.7. The van der Waals surface area contributed by atoms with Gasteiger partial charge in [0, 0.05) is 31.3 Å². The molecule has 0 atom stereocenters. The van der Waals surface area contributed by atoms with E-state index in [2.05, 4.69) is 5.32 Å². The summed E-state index contributed by atoms with van der Waals surface area (Å²) in [5.41, 5.74) is 1.90. The number of carbonyl (C=O) groups excluding carboxylic acids is 1. The molecule has 0 unspecified atom stereocenters. The molecule has 2 aromatic rings. The van der Waals surface area contributed by atoms with Crippen molar-refractivity contribution in [2.45, 2.75) is 31.3 Å². The van der Waals surface area contributed by atoms with Crippen LogP contribution in [0.1, 0.15) is 29.7 Å². The summed E-state index contributed by atoms with van der Waals surface area (Å²) in [7, 11) is -3.35. The van der Waals surface area contributed by atoms with Gasteiger partial charge < -0.3 is 9.73 Å². The number of sulfonamides is 1. The van der Waals surface area contributed by atoms with Crippen LogP contribution in [0.2, 0.25) is 0 Å². The highest BCUT2D eigenvalue weighted by atomic mass is 32.2. The van der Waals surface area contributed by atoms with E-state index in [0.29, 0.717) is 32.5 Å². The van der Waals surface area contributed by atoms with E-state index in [9.17, 15) is 13.2 Å². The summed E-state index contributed by atoms with van der Waals surface area (Å²) in [5.74, 6) is 2.46. The molecular formula is C21H28N2O4S2. The van der Waals surface area contributed by atoms with Crippen molar-refractivity contribution < 1.29 is 17.6 Å². The van der Waals surface area contributed by atoms with Crippen LogP contribution < -0.4 is 5.32 Å². The van der Waals surface area contributed by atoms with Gasteiger partial charge in [-0.1, -0.05) is 29.8 Å². The summed E-state index contributed by atoms with van der Waals surface area (Å²) < 4.78 is 32.1. The van der Waals surface area contributed by atoms with Crippen molar-refractivity contribution in [3.63, 3.8) is 0 Å². The maximum atomic E-state index is 12.7. The number of thioether (sulfide) groups is 1. The van der Waals surface area contributed by atoms with Crippen molar-refractivity contribution in [1.82, 2.24) is 9.62 Å². The lowest BCUT2D eigenvalue weighted by Gasteiger charge is -2.30. The zero-order valence-corrected chi connectivity index (χ0v) is 18.3. The molecule has 1 fully saturated rings. The maximum Gasteiger partial charge on any atom is 0.223 e. The van der Waals surface area contributed by atoms with Crippen LogP contribution in [-0.4, -0.2) is 44.0 Å². The predicted molar refractivity (Wildman–Crippen MR) is 116 cm³/mol. The molecular weight excluding hydrogens is 408 g/mol. The number of aryl methyl sites for hydroxylation is 1. The lowest BCUT2D eigenvalue weighted by Crippen LogP contribution is -2.43. The highest BCUT2D eigenvalue weighted by Crippen LogP contribution is 2.22. The molecule has 1 amide bonds. The third-order valence-corrected chi connectivity index (χ3v) is 7.89. The van der Waals surface area contributed by atoms with Crippen LogP contribution in [0.3, 0.4) is 0 Å². The molecule has 1 N–H and O–H groups in total. The smallest absolute Gasteiger partial charge is 0.223 e. The van der Waals surface area contributed by atoms with E-state index in [4.69, 9.17) is 4.42 Å². The summed E-state index contributed by atoms with van der Waals surface area (Å²) in [6.45, 7) is 3.39. The Labute approximate surface area is 177 Å². The van der Waals surface area contributed by atoms with E-state index in [1.54, 1.807) is 18.0 Å². The third-order valence-electron chi connectivity index (χ3n) is 5.06. The molecule has 6 nitrogen and oxygen atoms in total. The normalized spacial score (nSPS) is 16.0. The second kappa shape index (κ2) is 10.3. The van der Waals surface area contributed by atoms with Crippen molar-refractivity contribution in [3.8, 4) is 0 Å². The van der Waals surface area contributed by atoms with E-state index in [-0.39, 0.29) is 17.6 Å². The first-order chi connectivity index (χ1) is 13.9. The Hall–Kier alpha value is -1.77. The second-order valence-corrected chi connectivity index (χ2v) is 10.4. The number of hydrogen-bond donors (Lipinski definition) is 1. The molecule has 0 radical (unpaired) electrons. The van der Waals surface area contributed by atoms with Gasteiger partial charge in [-0.15, -0.1) is 0 Å². The monoisotopic (exact) mass is 436 g/mol. The summed E-state index contributed by atoms with van der Waals surface area (Å²) in [6, 6.07) is 11.4. The minimum absolute atomic E-state index is 0.0109. The van der Waals surface area contributed by atoms with Gasteiger partial charge in [0.2, 0.25) is 15.9 Å². The fourth-order valence-corrected chi connectivity index (χ4v) is 5.66. The van der Waals surface area contributed by atoms with Gasteiger partial charge in [0.05, 0.1) is 17.8 Å². The van der Waals surface area contributed by atoms with Crippen LogP contribution in [0.15, 0.2) is 47.1 Å². The van der Waals surface area contributed by atoms with Gasteiger partial charge in [-0.3, -0.25) is 4.79 Å². The van der Waals surface area contributed by atoms with Gasteiger partial charge in [0.25, 0.3) is 0 Å². The molecule has 29 heavy (non-hydrogen) atoms. The third kappa shape index (κ3) is 6.62. The van der Waals surface area contributed by atoms with Gasteiger partial charge in [0.1, 0.15) is 5.76 Å². The highest BCUT2D eigenvalue weighted by Gasteiger charge is 2.31. The number of carbonyl (C=O) groups is 1. The van der Waals surface area contributed by atoms with Gasteiger partial charge in [-0.05, 0) is 37.5 Å². The summed E-state index contributed by atoms with van der Waals surface area (Å²) >= 11 is 1.71. The van der Waals surface area contributed by atoms with Crippen molar-refractivity contribution in [3.05, 3.63) is 59.5 Å². The van der Waals surface area contributed by atoms with Crippen LogP contribution in [0.25, 0.3) is 0 Å². The van der Waals surface area contributed by atoms with E-state index in [1.165, 1.54) is 4.31 Å². The molecule has 2 heterocycles. The van der Waals surface area contributed by atoms with Gasteiger partial charge >= 0.3 is 0 Å². The number of nitrogens with zero attached hydrogens (tertiary/aromatic N) is 1. The average Bonchev–Trinajstić information content (AvgIpc) is 3.23. The van der Waals surface area contributed by atoms with Crippen LogP contribution in [0.4, 0.5) is 0 Å². The van der Waals surface area contributed by atoms with E-state index < -0.39 is 10.0 Å². The van der Waals surface area contributed by atoms with E-state index >= 15 is 0 Å². The van der Waals surface area contributed by atoms with Crippen LogP contribution in [0.5, 0.6) is 0 Å². The van der Waals surface area contributed by atoms with Gasteiger partial charge in [-0.2, -0.15) is 11.8 Å². The number of hydrogen-bond acceptors (Lipinski definition) is 5. The summed E-state index contributed by atoms with van der Waals surface area (Å²) in [5, 5.41) is 2.97. The zero-order valence-electron chi connectivity index (χ0n) is 16.7. The van der Waals surface area contributed by atoms with E-state index in [0.717, 1.165) is 28.4 Å². The van der Waals surface area contributed by atoms with Crippen LogP contribution >= 0.6 is 11.8 Å². The number of rotatable bonds is 9. The van der Waals surface area contributed by atoms with Gasteiger partial charge in [-0.25, -0.2) is 12.7 Å². The molecule has 158 valence electrons. The Kier molecular flexibility index (Phi) is 7.80. The van der Waals surface area contributed by atoms with Crippen LogP contribution in [0, 0.1) is 12.8 Å². The first-order valence-corrected chi connectivity index (χ1v) is 12.6. The zero-order chi connectivity index (χ0) is 20.7. The van der Waals surface area contributed by atoms with Gasteiger partial charge in [0.15, 0.2) is 0 Å². The van der Waals surface area contributed by atoms with Crippen molar-refractivity contribution in [2.24, 2.45) is 5.92 Å².